The predicted molar refractivity (Wildman–Crippen MR) is 91.3 cm³/mol. The van der Waals surface area contributed by atoms with E-state index in [0.29, 0.717) is 25.7 Å². The van der Waals surface area contributed by atoms with Crippen LogP contribution in [0.2, 0.25) is 0 Å². The summed E-state index contributed by atoms with van der Waals surface area (Å²) in [6, 6.07) is 0. The van der Waals surface area contributed by atoms with Gasteiger partial charge in [-0.15, -0.1) is 0 Å². The van der Waals surface area contributed by atoms with Gasteiger partial charge in [0.15, 0.2) is 5.79 Å². The maximum absolute atomic E-state index is 11.1. The summed E-state index contributed by atoms with van der Waals surface area (Å²) in [4.78, 5) is 22.1. The van der Waals surface area contributed by atoms with Crippen molar-refractivity contribution in [2.45, 2.75) is 51.7 Å². The zero-order valence-electron chi connectivity index (χ0n) is 14.1. The Balaban J connectivity index is 4.53. The largest absolute Gasteiger partial charge is 0.478 e. The Morgan fingerprint density at radius 2 is 1.46 bits per heavy atom. The summed E-state index contributed by atoms with van der Waals surface area (Å²) < 4.78 is 0. The van der Waals surface area contributed by atoms with E-state index in [2.05, 4.69) is 0 Å². The molecule has 0 rings (SSSR count). The standard InChI is InChI=1S/C18H26O6/c1-3-5-10-14(16(19)20)11-8-7-9-13-18(23,24)15(17(21)22)12-6-4-2/h3-6,10,12,23-24H,7-9,11,13H2,1-2H3,(H,19,20)(H,21,22). The predicted octanol–water partition coefficient (Wildman–Crippen LogP) is 2.79. The SMILES string of the molecule is CC=CC=C(CCCCCC(O)(O)C(=CC=CC)C(=O)O)C(=O)O. The molecule has 0 aliphatic carbocycles. The molecule has 0 saturated heterocycles. The van der Waals surface area contributed by atoms with E-state index in [9.17, 15) is 19.8 Å². The highest BCUT2D eigenvalue weighted by Gasteiger charge is 2.32. The molecule has 134 valence electrons. The molecule has 0 spiro atoms. The first-order chi connectivity index (χ1) is 11.3. The van der Waals surface area contributed by atoms with Crippen LogP contribution in [0, 0.1) is 0 Å². The average molecular weight is 338 g/mol. The van der Waals surface area contributed by atoms with Crippen molar-refractivity contribution in [3.63, 3.8) is 0 Å². The molecule has 0 aliphatic rings. The molecule has 0 aromatic heterocycles. The Hall–Kier alpha value is -2.18. The van der Waals surface area contributed by atoms with Crippen molar-refractivity contribution in [3.05, 3.63) is 47.6 Å². The van der Waals surface area contributed by atoms with Gasteiger partial charge in [-0.2, -0.15) is 0 Å². The summed E-state index contributed by atoms with van der Waals surface area (Å²) in [7, 11) is 0. The van der Waals surface area contributed by atoms with E-state index in [1.54, 1.807) is 32.1 Å². The summed E-state index contributed by atoms with van der Waals surface area (Å²) in [5, 5.41) is 38.0. The fraction of sp³-hybridized carbons (Fsp3) is 0.444. The fourth-order valence-corrected chi connectivity index (χ4v) is 2.04. The first-order valence-corrected chi connectivity index (χ1v) is 7.83. The quantitative estimate of drug-likeness (QED) is 0.199. The van der Waals surface area contributed by atoms with Crippen molar-refractivity contribution in [1.82, 2.24) is 0 Å². The molecular weight excluding hydrogens is 312 g/mol. The molecule has 0 saturated carbocycles. The molecule has 0 amide bonds. The Kier molecular flexibility index (Phi) is 10.3. The maximum Gasteiger partial charge on any atom is 0.337 e. The van der Waals surface area contributed by atoms with Crippen molar-refractivity contribution in [2.75, 3.05) is 0 Å². The molecular formula is C18H26O6. The van der Waals surface area contributed by atoms with Gasteiger partial charge < -0.3 is 20.4 Å². The molecule has 6 nitrogen and oxygen atoms in total. The molecule has 0 aromatic rings. The van der Waals surface area contributed by atoms with Gasteiger partial charge in [0.1, 0.15) is 0 Å². The Morgan fingerprint density at radius 1 is 0.875 bits per heavy atom. The van der Waals surface area contributed by atoms with Crippen LogP contribution in [0.4, 0.5) is 0 Å². The van der Waals surface area contributed by atoms with Gasteiger partial charge in [-0.25, -0.2) is 9.59 Å². The smallest absolute Gasteiger partial charge is 0.337 e. The summed E-state index contributed by atoms with van der Waals surface area (Å²) in [5.41, 5.74) is -0.202. The van der Waals surface area contributed by atoms with Crippen LogP contribution >= 0.6 is 0 Å². The Bertz CT molecular complexity index is 538. The molecule has 0 aromatic carbocycles. The van der Waals surface area contributed by atoms with E-state index in [0.717, 1.165) is 6.08 Å². The highest BCUT2D eigenvalue weighted by atomic mass is 16.5. The summed E-state index contributed by atoms with van der Waals surface area (Å²) >= 11 is 0. The topological polar surface area (TPSA) is 115 Å². The van der Waals surface area contributed by atoms with Gasteiger partial charge in [-0.05, 0) is 39.2 Å². The normalized spacial score (nSPS) is 13.8. The molecule has 0 radical (unpaired) electrons. The van der Waals surface area contributed by atoms with Gasteiger partial charge in [0, 0.05) is 12.0 Å². The average Bonchev–Trinajstić information content (AvgIpc) is 2.49. The van der Waals surface area contributed by atoms with Crippen molar-refractivity contribution >= 4 is 11.9 Å². The van der Waals surface area contributed by atoms with E-state index >= 15 is 0 Å². The molecule has 0 atom stereocenters. The van der Waals surface area contributed by atoms with E-state index in [-0.39, 0.29) is 12.0 Å². The highest BCUT2D eigenvalue weighted by molar-refractivity contribution is 5.88. The van der Waals surface area contributed by atoms with E-state index in [1.807, 2.05) is 0 Å². The van der Waals surface area contributed by atoms with Crippen LogP contribution in [0.5, 0.6) is 0 Å². The first-order valence-electron chi connectivity index (χ1n) is 7.83. The van der Waals surface area contributed by atoms with Crippen LogP contribution < -0.4 is 0 Å². The molecule has 6 heteroatoms. The number of carboxylic acids is 2. The van der Waals surface area contributed by atoms with E-state index < -0.39 is 23.3 Å². The minimum absolute atomic E-state index is 0.135. The van der Waals surface area contributed by atoms with Gasteiger partial charge >= 0.3 is 11.9 Å². The van der Waals surface area contributed by atoms with Crippen molar-refractivity contribution in [2.24, 2.45) is 0 Å². The number of hydrogen-bond donors (Lipinski definition) is 4. The van der Waals surface area contributed by atoms with Gasteiger partial charge in [0.05, 0.1) is 5.57 Å². The van der Waals surface area contributed by atoms with Crippen molar-refractivity contribution in [1.29, 1.82) is 0 Å². The van der Waals surface area contributed by atoms with Crippen LogP contribution in [-0.2, 0) is 9.59 Å². The first kappa shape index (κ1) is 21.8. The lowest BCUT2D eigenvalue weighted by atomic mass is 9.97. The fourth-order valence-electron chi connectivity index (χ4n) is 2.04. The third-order valence-electron chi connectivity index (χ3n) is 3.35. The second kappa shape index (κ2) is 11.4. The van der Waals surface area contributed by atoms with Crippen LogP contribution in [0.1, 0.15) is 46.0 Å². The highest BCUT2D eigenvalue weighted by Crippen LogP contribution is 2.22. The third-order valence-corrected chi connectivity index (χ3v) is 3.35. The number of allylic oxidation sites excluding steroid dienone is 6. The van der Waals surface area contributed by atoms with Crippen LogP contribution in [0.3, 0.4) is 0 Å². The summed E-state index contributed by atoms with van der Waals surface area (Å²) in [5.74, 6) is -4.78. The Morgan fingerprint density at radius 3 is 1.96 bits per heavy atom. The number of rotatable bonds is 11. The molecule has 0 bridgehead atoms. The number of hydrogen-bond acceptors (Lipinski definition) is 4. The number of aliphatic carboxylic acids is 2. The van der Waals surface area contributed by atoms with E-state index in [4.69, 9.17) is 10.2 Å². The lowest BCUT2D eigenvalue weighted by Crippen LogP contribution is -2.34. The molecule has 4 N–H and O–H groups in total. The minimum atomic E-state index is -2.41. The van der Waals surface area contributed by atoms with Crippen LogP contribution in [-0.4, -0.2) is 38.2 Å². The minimum Gasteiger partial charge on any atom is -0.478 e. The molecule has 0 heterocycles. The molecule has 0 aliphatic heterocycles. The van der Waals surface area contributed by atoms with Crippen LogP contribution in [0.25, 0.3) is 0 Å². The van der Waals surface area contributed by atoms with Crippen molar-refractivity contribution in [3.8, 4) is 0 Å². The lowest BCUT2D eigenvalue weighted by molar-refractivity contribution is -0.156. The molecule has 0 fully saturated rings. The second-order valence-corrected chi connectivity index (χ2v) is 5.31. The lowest BCUT2D eigenvalue weighted by Gasteiger charge is -2.22. The number of carboxylic acid groups (broad SMARTS) is 2. The van der Waals surface area contributed by atoms with Gasteiger partial charge in [0.2, 0.25) is 0 Å². The number of carbonyl (C=O) groups is 2. The number of aliphatic hydroxyl groups is 2. The van der Waals surface area contributed by atoms with Crippen LogP contribution in [0.15, 0.2) is 47.6 Å². The van der Waals surface area contributed by atoms with E-state index in [1.165, 1.54) is 12.2 Å². The second-order valence-electron chi connectivity index (χ2n) is 5.31. The summed E-state index contributed by atoms with van der Waals surface area (Å²) in [6.45, 7) is 3.48. The van der Waals surface area contributed by atoms with Crippen molar-refractivity contribution < 1.29 is 30.0 Å². The van der Waals surface area contributed by atoms with Gasteiger partial charge in [-0.3, -0.25) is 0 Å². The zero-order valence-corrected chi connectivity index (χ0v) is 14.1. The number of unbranched alkanes of at least 4 members (excludes halogenated alkanes) is 2. The summed E-state index contributed by atoms with van der Waals surface area (Å²) in [6.07, 6.45) is 10.8. The van der Waals surface area contributed by atoms with Gasteiger partial charge in [-0.1, -0.05) is 36.8 Å². The third kappa shape index (κ3) is 8.45. The zero-order chi connectivity index (χ0) is 18.6. The Labute approximate surface area is 142 Å². The maximum atomic E-state index is 11.1. The molecule has 0 unspecified atom stereocenters. The van der Waals surface area contributed by atoms with Gasteiger partial charge in [0.25, 0.3) is 0 Å². The molecule has 24 heavy (non-hydrogen) atoms. The monoisotopic (exact) mass is 338 g/mol.